The van der Waals surface area contributed by atoms with Crippen LogP contribution in [0.4, 0.5) is 0 Å². The van der Waals surface area contributed by atoms with E-state index < -0.39 is 0 Å². The first kappa shape index (κ1) is 15.6. The maximum atomic E-state index is 12.4. The van der Waals surface area contributed by atoms with Crippen LogP contribution in [-0.2, 0) is 6.42 Å². The molecule has 0 aliphatic rings. The normalized spacial score (nSPS) is 10.4. The molecule has 1 N–H and O–H groups in total. The average molecular weight is 321 g/mol. The van der Waals surface area contributed by atoms with Gasteiger partial charge in [0, 0.05) is 30.6 Å². The van der Waals surface area contributed by atoms with Gasteiger partial charge in [0.05, 0.1) is 6.42 Å². The number of carbonyl (C=O) groups is 2. The summed E-state index contributed by atoms with van der Waals surface area (Å²) in [4.78, 5) is 28.5. The van der Waals surface area contributed by atoms with E-state index in [-0.39, 0.29) is 29.4 Å². The highest BCUT2D eigenvalue weighted by atomic mass is 16.5. The van der Waals surface area contributed by atoms with E-state index in [1.807, 2.05) is 30.3 Å². The summed E-state index contributed by atoms with van der Waals surface area (Å²) in [5, 5.41) is 6.57. The molecule has 0 aliphatic carbocycles. The molecule has 6 heteroatoms. The number of aromatic nitrogens is 2. The van der Waals surface area contributed by atoms with Crippen molar-refractivity contribution in [3.05, 3.63) is 71.7 Å². The second kappa shape index (κ2) is 6.87. The van der Waals surface area contributed by atoms with E-state index in [9.17, 15) is 9.59 Å². The summed E-state index contributed by atoms with van der Waals surface area (Å²) in [6.07, 6.45) is 3.04. The summed E-state index contributed by atoms with van der Waals surface area (Å²) in [5.74, 6) is -0.263. The lowest BCUT2D eigenvalue weighted by Gasteiger charge is -2.03. The van der Waals surface area contributed by atoms with Gasteiger partial charge in [0.1, 0.15) is 11.3 Å². The van der Waals surface area contributed by atoms with Crippen molar-refractivity contribution in [1.29, 1.82) is 0 Å². The molecule has 120 valence electrons. The quantitative estimate of drug-likeness (QED) is 0.730. The van der Waals surface area contributed by atoms with Crippen LogP contribution >= 0.6 is 0 Å². The van der Waals surface area contributed by atoms with Gasteiger partial charge >= 0.3 is 0 Å². The SMILES string of the molecule is CNC(=O)c1c(-c2ccccc2)noc1CC(=O)c1ccncc1. The fourth-order valence-corrected chi connectivity index (χ4v) is 2.38. The predicted octanol–water partition coefficient (Wildman–Crippen LogP) is 2.52. The molecular formula is C18H15N3O3. The van der Waals surface area contributed by atoms with Crippen LogP contribution in [0.5, 0.6) is 0 Å². The molecule has 1 amide bonds. The highest BCUT2D eigenvalue weighted by Gasteiger charge is 2.25. The third kappa shape index (κ3) is 3.08. The number of benzene rings is 1. The molecule has 0 aliphatic heterocycles. The molecule has 0 fully saturated rings. The van der Waals surface area contributed by atoms with Crippen LogP contribution in [0.15, 0.2) is 59.4 Å². The minimum Gasteiger partial charge on any atom is -0.359 e. The van der Waals surface area contributed by atoms with Crippen molar-refractivity contribution in [2.75, 3.05) is 7.05 Å². The lowest BCUT2D eigenvalue weighted by atomic mass is 10.0. The summed E-state index contributed by atoms with van der Waals surface area (Å²) in [6, 6.07) is 12.5. The monoisotopic (exact) mass is 321 g/mol. The molecular weight excluding hydrogens is 306 g/mol. The van der Waals surface area contributed by atoms with E-state index in [0.717, 1.165) is 5.56 Å². The van der Waals surface area contributed by atoms with Crippen LogP contribution in [0.2, 0.25) is 0 Å². The Kier molecular flexibility index (Phi) is 4.47. The van der Waals surface area contributed by atoms with E-state index in [4.69, 9.17) is 4.52 Å². The second-order valence-electron chi connectivity index (χ2n) is 5.11. The highest BCUT2D eigenvalue weighted by Crippen LogP contribution is 2.26. The summed E-state index contributed by atoms with van der Waals surface area (Å²) < 4.78 is 5.32. The maximum Gasteiger partial charge on any atom is 0.256 e. The molecule has 3 rings (SSSR count). The number of amides is 1. The smallest absolute Gasteiger partial charge is 0.256 e. The number of hydrogen-bond donors (Lipinski definition) is 1. The molecule has 3 aromatic rings. The van der Waals surface area contributed by atoms with Crippen molar-refractivity contribution in [3.8, 4) is 11.3 Å². The lowest BCUT2D eigenvalue weighted by molar-refractivity contribution is 0.0960. The number of hydrogen-bond acceptors (Lipinski definition) is 5. The van der Waals surface area contributed by atoms with Crippen LogP contribution in [0.25, 0.3) is 11.3 Å². The molecule has 24 heavy (non-hydrogen) atoms. The molecule has 0 radical (unpaired) electrons. The van der Waals surface area contributed by atoms with Gasteiger partial charge in [-0.25, -0.2) is 0 Å². The summed E-state index contributed by atoms with van der Waals surface area (Å²) >= 11 is 0. The number of nitrogens with zero attached hydrogens (tertiary/aromatic N) is 2. The van der Waals surface area contributed by atoms with Gasteiger partial charge in [0.15, 0.2) is 11.5 Å². The van der Waals surface area contributed by atoms with Crippen LogP contribution < -0.4 is 5.32 Å². The standard InChI is InChI=1S/C18H15N3O3/c1-19-18(23)16-15(11-14(22)12-7-9-20-10-8-12)24-21-17(16)13-5-3-2-4-6-13/h2-10H,11H2,1H3,(H,19,23). The lowest BCUT2D eigenvalue weighted by Crippen LogP contribution is -2.20. The molecule has 2 heterocycles. The van der Waals surface area contributed by atoms with Crippen LogP contribution in [0.1, 0.15) is 26.5 Å². The number of Topliss-reactive ketones (excluding diaryl/α,β-unsaturated/α-hetero) is 1. The third-order valence-corrected chi connectivity index (χ3v) is 3.59. The zero-order valence-electron chi connectivity index (χ0n) is 13.0. The zero-order valence-corrected chi connectivity index (χ0v) is 13.0. The molecule has 0 atom stereocenters. The van der Waals surface area contributed by atoms with Crippen LogP contribution in [-0.4, -0.2) is 28.9 Å². The molecule has 0 saturated heterocycles. The zero-order chi connectivity index (χ0) is 16.9. The molecule has 6 nitrogen and oxygen atoms in total. The minimum atomic E-state index is -0.340. The van der Waals surface area contributed by atoms with Crippen molar-refractivity contribution >= 4 is 11.7 Å². The van der Waals surface area contributed by atoms with Gasteiger partial charge in [0.25, 0.3) is 5.91 Å². The molecule has 0 saturated carbocycles. The largest absolute Gasteiger partial charge is 0.359 e. The van der Waals surface area contributed by atoms with Gasteiger partial charge in [-0.2, -0.15) is 0 Å². The Bertz CT molecular complexity index is 858. The third-order valence-electron chi connectivity index (χ3n) is 3.59. The van der Waals surface area contributed by atoms with E-state index in [2.05, 4.69) is 15.5 Å². The Morgan fingerprint density at radius 3 is 2.46 bits per heavy atom. The number of pyridine rings is 1. The minimum absolute atomic E-state index is 0.0490. The van der Waals surface area contributed by atoms with Gasteiger partial charge in [-0.3, -0.25) is 14.6 Å². The van der Waals surface area contributed by atoms with Gasteiger partial charge in [-0.1, -0.05) is 35.5 Å². The van der Waals surface area contributed by atoms with E-state index in [1.165, 1.54) is 7.05 Å². The van der Waals surface area contributed by atoms with Crippen molar-refractivity contribution < 1.29 is 14.1 Å². The molecule has 0 spiro atoms. The van der Waals surface area contributed by atoms with Gasteiger partial charge in [0.2, 0.25) is 0 Å². The predicted molar refractivity (Wildman–Crippen MR) is 87.6 cm³/mol. The first-order valence-electron chi connectivity index (χ1n) is 7.40. The van der Waals surface area contributed by atoms with Crippen molar-refractivity contribution in [2.24, 2.45) is 0 Å². The molecule has 0 bridgehead atoms. The maximum absolute atomic E-state index is 12.4. The molecule has 0 unspecified atom stereocenters. The van der Waals surface area contributed by atoms with E-state index in [1.54, 1.807) is 24.5 Å². The van der Waals surface area contributed by atoms with Gasteiger partial charge in [-0.15, -0.1) is 0 Å². The Labute approximate surface area is 138 Å². The van der Waals surface area contributed by atoms with E-state index in [0.29, 0.717) is 11.3 Å². The highest BCUT2D eigenvalue weighted by molar-refractivity contribution is 6.03. The number of ketones is 1. The summed E-state index contributed by atoms with van der Waals surface area (Å²) in [7, 11) is 1.53. The topological polar surface area (TPSA) is 85.1 Å². The second-order valence-corrected chi connectivity index (χ2v) is 5.11. The van der Waals surface area contributed by atoms with Gasteiger partial charge in [-0.05, 0) is 12.1 Å². The number of nitrogens with one attached hydrogen (secondary N) is 1. The van der Waals surface area contributed by atoms with Crippen molar-refractivity contribution in [1.82, 2.24) is 15.5 Å². The van der Waals surface area contributed by atoms with Crippen molar-refractivity contribution in [3.63, 3.8) is 0 Å². The summed E-state index contributed by atoms with van der Waals surface area (Å²) in [5.41, 5.74) is 1.96. The molecule has 1 aromatic carbocycles. The first-order chi connectivity index (χ1) is 11.7. The van der Waals surface area contributed by atoms with Gasteiger partial charge < -0.3 is 9.84 Å². The molecule has 2 aromatic heterocycles. The Morgan fingerprint density at radius 1 is 1.08 bits per heavy atom. The summed E-state index contributed by atoms with van der Waals surface area (Å²) in [6.45, 7) is 0. The Hall–Kier alpha value is -3.28. The fourth-order valence-electron chi connectivity index (χ4n) is 2.38. The number of rotatable bonds is 5. The average Bonchev–Trinajstić information content (AvgIpc) is 3.06. The van der Waals surface area contributed by atoms with E-state index >= 15 is 0 Å². The number of carbonyl (C=O) groups excluding carboxylic acids is 2. The van der Waals surface area contributed by atoms with Crippen molar-refractivity contribution in [2.45, 2.75) is 6.42 Å². The Balaban J connectivity index is 1.98. The van der Waals surface area contributed by atoms with Crippen LogP contribution in [0.3, 0.4) is 0 Å². The fraction of sp³-hybridized carbons (Fsp3) is 0.111. The van der Waals surface area contributed by atoms with Crippen LogP contribution in [0, 0.1) is 0 Å². The Morgan fingerprint density at radius 2 is 1.79 bits per heavy atom. The first-order valence-corrected chi connectivity index (χ1v) is 7.40.